The standard InChI is InChI=1S/C11H15ClN4.HI/c1-16(9-3-4-9)11(13)15-7-8-2-5-10(12)14-6-8;/h2,5-6,9H,3-4,7H2,1H3,(H2,13,15);1H. The second kappa shape index (κ2) is 6.39. The van der Waals surface area contributed by atoms with Gasteiger partial charge in [-0.1, -0.05) is 17.7 Å². The second-order valence-electron chi connectivity index (χ2n) is 4.01. The Bertz CT molecular complexity index is 389. The van der Waals surface area contributed by atoms with Crippen molar-refractivity contribution in [1.29, 1.82) is 0 Å². The topological polar surface area (TPSA) is 54.5 Å². The van der Waals surface area contributed by atoms with Crippen LogP contribution in [0, 0.1) is 0 Å². The predicted molar refractivity (Wildman–Crippen MR) is 80.8 cm³/mol. The van der Waals surface area contributed by atoms with Crippen molar-refractivity contribution in [2.24, 2.45) is 10.7 Å². The number of rotatable bonds is 3. The highest BCUT2D eigenvalue weighted by atomic mass is 127. The van der Waals surface area contributed by atoms with Gasteiger partial charge in [0.2, 0.25) is 0 Å². The lowest BCUT2D eigenvalue weighted by Gasteiger charge is -2.16. The molecule has 0 saturated heterocycles. The lowest BCUT2D eigenvalue weighted by Crippen LogP contribution is -2.35. The van der Waals surface area contributed by atoms with Crippen LogP contribution < -0.4 is 5.73 Å². The smallest absolute Gasteiger partial charge is 0.191 e. The number of hydrogen-bond acceptors (Lipinski definition) is 2. The van der Waals surface area contributed by atoms with E-state index in [2.05, 4.69) is 9.98 Å². The molecule has 1 saturated carbocycles. The summed E-state index contributed by atoms with van der Waals surface area (Å²) in [4.78, 5) is 10.3. The Hall–Kier alpha value is -0.560. The van der Waals surface area contributed by atoms with Gasteiger partial charge in [0.05, 0.1) is 6.54 Å². The van der Waals surface area contributed by atoms with E-state index in [9.17, 15) is 0 Å². The number of hydrogen-bond donors (Lipinski definition) is 1. The van der Waals surface area contributed by atoms with Crippen LogP contribution in [0.1, 0.15) is 18.4 Å². The lowest BCUT2D eigenvalue weighted by molar-refractivity contribution is 0.487. The minimum Gasteiger partial charge on any atom is -0.370 e. The number of guanidine groups is 1. The summed E-state index contributed by atoms with van der Waals surface area (Å²) in [6.07, 6.45) is 4.15. The first kappa shape index (κ1) is 14.5. The first-order chi connectivity index (χ1) is 7.66. The van der Waals surface area contributed by atoms with Gasteiger partial charge in [-0.3, -0.25) is 0 Å². The first-order valence-electron chi connectivity index (χ1n) is 5.30. The monoisotopic (exact) mass is 366 g/mol. The van der Waals surface area contributed by atoms with Crippen molar-refractivity contribution < 1.29 is 0 Å². The highest BCUT2D eigenvalue weighted by Crippen LogP contribution is 2.24. The molecule has 0 aliphatic heterocycles. The molecule has 0 aromatic carbocycles. The molecule has 1 aromatic rings. The fourth-order valence-corrected chi connectivity index (χ4v) is 1.54. The molecule has 0 amide bonds. The minimum atomic E-state index is 0. The van der Waals surface area contributed by atoms with Crippen LogP contribution in [0.2, 0.25) is 5.15 Å². The molecule has 4 nitrogen and oxygen atoms in total. The van der Waals surface area contributed by atoms with Crippen LogP contribution in [-0.2, 0) is 6.54 Å². The highest BCUT2D eigenvalue weighted by molar-refractivity contribution is 14.0. The van der Waals surface area contributed by atoms with Gasteiger partial charge in [0.1, 0.15) is 5.15 Å². The Morgan fingerprint density at radius 2 is 2.29 bits per heavy atom. The van der Waals surface area contributed by atoms with Crippen molar-refractivity contribution in [1.82, 2.24) is 9.88 Å². The van der Waals surface area contributed by atoms with E-state index in [1.165, 1.54) is 12.8 Å². The lowest BCUT2D eigenvalue weighted by atomic mass is 10.3. The molecule has 1 fully saturated rings. The van der Waals surface area contributed by atoms with E-state index in [4.69, 9.17) is 17.3 Å². The summed E-state index contributed by atoms with van der Waals surface area (Å²) in [6, 6.07) is 4.25. The number of aliphatic imine (C=N–C) groups is 1. The Balaban J connectivity index is 0.00000144. The van der Waals surface area contributed by atoms with Gasteiger partial charge in [-0.05, 0) is 24.5 Å². The van der Waals surface area contributed by atoms with E-state index in [1.54, 1.807) is 12.3 Å². The molecule has 6 heteroatoms. The summed E-state index contributed by atoms with van der Waals surface area (Å²) in [7, 11) is 1.98. The highest BCUT2D eigenvalue weighted by Gasteiger charge is 2.27. The minimum absolute atomic E-state index is 0. The van der Waals surface area contributed by atoms with Crippen molar-refractivity contribution >= 4 is 41.5 Å². The fraction of sp³-hybridized carbons (Fsp3) is 0.455. The maximum Gasteiger partial charge on any atom is 0.191 e. The summed E-state index contributed by atoms with van der Waals surface area (Å²) in [5.74, 6) is 0.595. The van der Waals surface area contributed by atoms with Gasteiger partial charge in [-0.2, -0.15) is 0 Å². The Kier molecular flexibility index (Phi) is 5.45. The Morgan fingerprint density at radius 1 is 1.59 bits per heavy atom. The van der Waals surface area contributed by atoms with Gasteiger partial charge < -0.3 is 10.6 Å². The average Bonchev–Trinajstić information content (AvgIpc) is 3.11. The van der Waals surface area contributed by atoms with E-state index in [0.29, 0.717) is 23.7 Å². The molecule has 1 aliphatic carbocycles. The molecule has 94 valence electrons. The quantitative estimate of drug-likeness (QED) is 0.386. The van der Waals surface area contributed by atoms with E-state index in [1.807, 2.05) is 18.0 Å². The third-order valence-electron chi connectivity index (χ3n) is 2.67. The van der Waals surface area contributed by atoms with Crippen molar-refractivity contribution in [3.05, 3.63) is 29.0 Å². The average molecular weight is 367 g/mol. The van der Waals surface area contributed by atoms with Crippen molar-refractivity contribution in [3.63, 3.8) is 0 Å². The second-order valence-corrected chi connectivity index (χ2v) is 4.39. The van der Waals surface area contributed by atoms with Gasteiger partial charge in [0.25, 0.3) is 0 Å². The normalized spacial score (nSPS) is 15.3. The molecular formula is C11H16ClIN4. The molecule has 17 heavy (non-hydrogen) atoms. The molecule has 0 atom stereocenters. The van der Waals surface area contributed by atoms with Gasteiger partial charge in [0, 0.05) is 19.3 Å². The maximum absolute atomic E-state index is 5.87. The van der Waals surface area contributed by atoms with Crippen molar-refractivity contribution in [2.75, 3.05) is 7.05 Å². The molecular weight excluding hydrogens is 351 g/mol. The van der Waals surface area contributed by atoms with Crippen LogP contribution in [0.4, 0.5) is 0 Å². The van der Waals surface area contributed by atoms with Crippen LogP contribution in [0.25, 0.3) is 0 Å². The molecule has 1 aliphatic rings. The molecule has 1 heterocycles. The molecule has 0 bridgehead atoms. The van der Waals surface area contributed by atoms with E-state index >= 15 is 0 Å². The number of nitrogens with zero attached hydrogens (tertiary/aromatic N) is 3. The SMILES string of the molecule is CN(C(N)=NCc1ccc(Cl)nc1)C1CC1.I. The summed E-state index contributed by atoms with van der Waals surface area (Å²) >= 11 is 5.69. The zero-order valence-corrected chi connectivity index (χ0v) is 12.7. The van der Waals surface area contributed by atoms with Crippen molar-refractivity contribution in [2.45, 2.75) is 25.4 Å². The number of pyridine rings is 1. The number of aromatic nitrogens is 1. The Morgan fingerprint density at radius 3 is 2.82 bits per heavy atom. The first-order valence-corrected chi connectivity index (χ1v) is 5.68. The van der Waals surface area contributed by atoms with Crippen LogP contribution in [-0.4, -0.2) is 28.9 Å². The summed E-state index contributed by atoms with van der Waals surface area (Å²) in [6.45, 7) is 0.549. The van der Waals surface area contributed by atoms with Crippen LogP contribution in [0.3, 0.4) is 0 Å². The van der Waals surface area contributed by atoms with Crippen LogP contribution in [0.5, 0.6) is 0 Å². The third kappa shape index (κ3) is 4.31. The summed E-state index contributed by atoms with van der Waals surface area (Å²) in [5.41, 5.74) is 6.88. The van der Waals surface area contributed by atoms with Gasteiger partial charge in [-0.15, -0.1) is 24.0 Å². The molecule has 0 radical (unpaired) electrons. The van der Waals surface area contributed by atoms with Crippen LogP contribution in [0.15, 0.2) is 23.3 Å². The molecule has 0 unspecified atom stereocenters. The molecule has 2 rings (SSSR count). The number of halogens is 2. The molecule has 2 N–H and O–H groups in total. The fourth-order valence-electron chi connectivity index (χ4n) is 1.43. The summed E-state index contributed by atoms with van der Waals surface area (Å²) < 4.78 is 0. The zero-order valence-electron chi connectivity index (χ0n) is 9.64. The van der Waals surface area contributed by atoms with E-state index < -0.39 is 0 Å². The van der Waals surface area contributed by atoms with E-state index in [-0.39, 0.29) is 24.0 Å². The predicted octanol–water partition coefficient (Wildman–Crippen LogP) is 2.26. The van der Waals surface area contributed by atoms with Crippen molar-refractivity contribution in [3.8, 4) is 0 Å². The summed E-state index contributed by atoms with van der Waals surface area (Å²) in [5, 5.41) is 0.496. The molecule has 0 spiro atoms. The van der Waals surface area contributed by atoms with Gasteiger partial charge in [0.15, 0.2) is 5.96 Å². The Labute approximate surface area is 123 Å². The van der Waals surface area contributed by atoms with Gasteiger partial charge in [-0.25, -0.2) is 9.98 Å². The number of nitrogens with two attached hydrogens (primary N) is 1. The zero-order chi connectivity index (χ0) is 11.5. The largest absolute Gasteiger partial charge is 0.370 e. The molecule has 1 aromatic heterocycles. The third-order valence-corrected chi connectivity index (χ3v) is 2.89. The van der Waals surface area contributed by atoms with Crippen LogP contribution >= 0.6 is 35.6 Å². The van der Waals surface area contributed by atoms with Gasteiger partial charge >= 0.3 is 0 Å². The van der Waals surface area contributed by atoms with E-state index in [0.717, 1.165) is 5.56 Å². The maximum atomic E-state index is 5.87.